The molecule has 3 N–H and O–H groups in total. The predicted molar refractivity (Wildman–Crippen MR) is 59.5 cm³/mol. The molecule has 1 aliphatic carbocycles. The summed E-state index contributed by atoms with van der Waals surface area (Å²) in [5.41, 5.74) is 5.84. The molecule has 0 bridgehead atoms. The van der Waals surface area contributed by atoms with Gasteiger partial charge in [-0.15, -0.1) is 0 Å². The largest absolute Gasteiger partial charge is 0.369 e. The predicted octanol–water partition coefficient (Wildman–Crippen LogP) is 0.797. The average molecular weight is 214 g/mol. The maximum Gasteiger partial charge on any atom is 0.246 e. The lowest BCUT2D eigenvalue weighted by molar-refractivity contribution is -0.128. The first-order valence-corrected chi connectivity index (χ1v) is 5.74. The molecule has 1 saturated carbocycles. The third-order valence-electron chi connectivity index (χ3n) is 2.63. The fourth-order valence-corrected chi connectivity index (χ4v) is 1.87. The van der Waals surface area contributed by atoms with E-state index in [-0.39, 0.29) is 30.7 Å². The van der Waals surface area contributed by atoms with Gasteiger partial charge in [-0.2, -0.15) is 0 Å². The Labute approximate surface area is 91.5 Å². The molecule has 0 aromatic carbocycles. The topological polar surface area (TPSA) is 64.3 Å². The monoisotopic (exact) mass is 214 g/mol. The summed E-state index contributed by atoms with van der Waals surface area (Å²) in [4.78, 5) is 11.4. The van der Waals surface area contributed by atoms with Crippen LogP contribution in [0.1, 0.15) is 39.5 Å². The van der Waals surface area contributed by atoms with E-state index in [4.69, 9.17) is 10.5 Å². The molecule has 2 atom stereocenters. The minimum Gasteiger partial charge on any atom is -0.369 e. The highest BCUT2D eigenvalue weighted by molar-refractivity contribution is 5.77. The zero-order valence-electron chi connectivity index (χ0n) is 9.66. The summed E-state index contributed by atoms with van der Waals surface area (Å²) in [7, 11) is 0. The SMILES string of the molecule is CC(C)OCC(=O)NC1CCCC(N)C1. The van der Waals surface area contributed by atoms with Gasteiger partial charge in [-0.25, -0.2) is 0 Å². The van der Waals surface area contributed by atoms with Crippen molar-refractivity contribution in [1.29, 1.82) is 0 Å². The van der Waals surface area contributed by atoms with Crippen molar-refractivity contribution in [2.45, 2.75) is 57.7 Å². The third-order valence-corrected chi connectivity index (χ3v) is 2.63. The molecule has 88 valence electrons. The molecule has 1 fully saturated rings. The van der Waals surface area contributed by atoms with Gasteiger partial charge in [0.2, 0.25) is 5.91 Å². The molecule has 0 radical (unpaired) electrons. The molecule has 15 heavy (non-hydrogen) atoms. The van der Waals surface area contributed by atoms with Crippen molar-refractivity contribution in [3.8, 4) is 0 Å². The number of carbonyl (C=O) groups excluding carboxylic acids is 1. The van der Waals surface area contributed by atoms with Crippen LogP contribution in [0.15, 0.2) is 0 Å². The van der Waals surface area contributed by atoms with Crippen LogP contribution in [0.2, 0.25) is 0 Å². The van der Waals surface area contributed by atoms with E-state index >= 15 is 0 Å². The number of amides is 1. The summed E-state index contributed by atoms with van der Waals surface area (Å²) >= 11 is 0. The number of carbonyl (C=O) groups is 1. The van der Waals surface area contributed by atoms with Gasteiger partial charge in [0.15, 0.2) is 0 Å². The van der Waals surface area contributed by atoms with E-state index in [0.717, 1.165) is 25.7 Å². The smallest absolute Gasteiger partial charge is 0.246 e. The number of nitrogens with one attached hydrogen (secondary N) is 1. The first-order valence-electron chi connectivity index (χ1n) is 5.74. The molecule has 4 nitrogen and oxygen atoms in total. The Morgan fingerprint density at radius 3 is 2.87 bits per heavy atom. The molecular weight excluding hydrogens is 192 g/mol. The van der Waals surface area contributed by atoms with Gasteiger partial charge in [-0.05, 0) is 39.5 Å². The molecule has 1 aliphatic rings. The molecular formula is C11H22N2O2. The van der Waals surface area contributed by atoms with Crippen molar-refractivity contribution < 1.29 is 9.53 Å². The van der Waals surface area contributed by atoms with Crippen molar-refractivity contribution >= 4 is 5.91 Å². The summed E-state index contributed by atoms with van der Waals surface area (Å²) in [6, 6.07) is 0.493. The van der Waals surface area contributed by atoms with Crippen LogP contribution >= 0.6 is 0 Å². The molecule has 4 heteroatoms. The summed E-state index contributed by atoms with van der Waals surface area (Å²) < 4.78 is 5.23. The van der Waals surface area contributed by atoms with Crippen molar-refractivity contribution in [2.75, 3.05) is 6.61 Å². The zero-order valence-corrected chi connectivity index (χ0v) is 9.66. The summed E-state index contributed by atoms with van der Waals surface area (Å²) in [5.74, 6) is -0.0252. The third kappa shape index (κ3) is 5.14. The van der Waals surface area contributed by atoms with Gasteiger partial charge in [0.25, 0.3) is 0 Å². The van der Waals surface area contributed by atoms with Crippen molar-refractivity contribution in [3.05, 3.63) is 0 Å². The fourth-order valence-electron chi connectivity index (χ4n) is 1.87. The van der Waals surface area contributed by atoms with Crippen LogP contribution in [0.3, 0.4) is 0 Å². The highest BCUT2D eigenvalue weighted by Crippen LogP contribution is 2.16. The molecule has 0 spiro atoms. The fraction of sp³-hybridized carbons (Fsp3) is 0.909. The second-order valence-electron chi connectivity index (χ2n) is 4.55. The van der Waals surface area contributed by atoms with Crippen LogP contribution in [-0.4, -0.2) is 30.7 Å². The highest BCUT2D eigenvalue weighted by atomic mass is 16.5. The molecule has 2 unspecified atom stereocenters. The Balaban J connectivity index is 2.19. The van der Waals surface area contributed by atoms with Gasteiger partial charge in [0, 0.05) is 12.1 Å². The summed E-state index contributed by atoms with van der Waals surface area (Å²) in [6.07, 6.45) is 4.23. The quantitative estimate of drug-likeness (QED) is 0.727. The standard InChI is InChI=1S/C11H22N2O2/c1-8(2)15-7-11(14)13-10-5-3-4-9(12)6-10/h8-10H,3-7,12H2,1-2H3,(H,13,14). The van der Waals surface area contributed by atoms with E-state index in [2.05, 4.69) is 5.32 Å². The van der Waals surface area contributed by atoms with Crippen molar-refractivity contribution in [2.24, 2.45) is 5.73 Å². The summed E-state index contributed by atoms with van der Waals surface area (Å²) in [6.45, 7) is 4.00. The van der Waals surface area contributed by atoms with Gasteiger partial charge in [0.05, 0.1) is 6.10 Å². The number of ether oxygens (including phenoxy) is 1. The van der Waals surface area contributed by atoms with Crippen molar-refractivity contribution in [1.82, 2.24) is 5.32 Å². The van der Waals surface area contributed by atoms with E-state index in [1.165, 1.54) is 0 Å². The Morgan fingerprint density at radius 2 is 2.27 bits per heavy atom. The summed E-state index contributed by atoms with van der Waals surface area (Å²) in [5, 5.41) is 2.96. The van der Waals surface area contributed by atoms with E-state index < -0.39 is 0 Å². The normalized spacial score (nSPS) is 26.7. The van der Waals surface area contributed by atoms with E-state index in [1.54, 1.807) is 0 Å². The molecule has 0 aromatic rings. The van der Waals surface area contributed by atoms with Gasteiger partial charge < -0.3 is 15.8 Å². The lowest BCUT2D eigenvalue weighted by atomic mass is 9.92. The van der Waals surface area contributed by atoms with Gasteiger partial charge in [-0.3, -0.25) is 4.79 Å². The highest BCUT2D eigenvalue weighted by Gasteiger charge is 2.20. The minimum absolute atomic E-state index is 0.0252. The van der Waals surface area contributed by atoms with E-state index in [0.29, 0.717) is 0 Å². The zero-order chi connectivity index (χ0) is 11.3. The molecule has 1 rings (SSSR count). The number of nitrogens with two attached hydrogens (primary N) is 1. The van der Waals surface area contributed by atoms with Crippen LogP contribution in [-0.2, 0) is 9.53 Å². The molecule has 0 aliphatic heterocycles. The van der Waals surface area contributed by atoms with Gasteiger partial charge in [0.1, 0.15) is 6.61 Å². The molecule has 0 aromatic heterocycles. The lowest BCUT2D eigenvalue weighted by Crippen LogP contribution is -2.43. The molecule has 1 amide bonds. The minimum atomic E-state index is -0.0252. The maximum atomic E-state index is 11.4. The van der Waals surface area contributed by atoms with E-state index in [9.17, 15) is 4.79 Å². The molecule has 0 saturated heterocycles. The van der Waals surface area contributed by atoms with Crippen LogP contribution in [0, 0.1) is 0 Å². The first-order chi connectivity index (χ1) is 7.08. The number of hydrogen-bond acceptors (Lipinski definition) is 3. The Hall–Kier alpha value is -0.610. The lowest BCUT2D eigenvalue weighted by Gasteiger charge is -2.27. The second kappa shape index (κ2) is 6.08. The second-order valence-corrected chi connectivity index (χ2v) is 4.55. The number of hydrogen-bond donors (Lipinski definition) is 2. The van der Waals surface area contributed by atoms with E-state index in [1.807, 2.05) is 13.8 Å². The maximum absolute atomic E-state index is 11.4. The van der Waals surface area contributed by atoms with Crippen molar-refractivity contribution in [3.63, 3.8) is 0 Å². The van der Waals surface area contributed by atoms with Gasteiger partial charge >= 0.3 is 0 Å². The van der Waals surface area contributed by atoms with Crippen LogP contribution in [0.5, 0.6) is 0 Å². The van der Waals surface area contributed by atoms with Gasteiger partial charge in [-0.1, -0.05) is 0 Å². The Kier molecular flexibility index (Phi) is 5.05. The average Bonchev–Trinajstić information content (AvgIpc) is 2.15. The first kappa shape index (κ1) is 12.5. The Morgan fingerprint density at radius 1 is 1.53 bits per heavy atom. The van der Waals surface area contributed by atoms with Crippen LogP contribution in [0.25, 0.3) is 0 Å². The molecule has 0 heterocycles. The van der Waals surface area contributed by atoms with Crippen LogP contribution < -0.4 is 11.1 Å². The Bertz CT molecular complexity index is 207. The number of rotatable bonds is 4. The van der Waals surface area contributed by atoms with Crippen LogP contribution in [0.4, 0.5) is 0 Å².